The SMILES string of the molecule is O=C(O)[C@@]12CCC[C@H]1CN(S(=O)(=O)c1ccccc1OC(F)F)C2. The van der Waals surface area contributed by atoms with Crippen molar-refractivity contribution in [3.05, 3.63) is 24.3 Å². The van der Waals surface area contributed by atoms with E-state index in [0.717, 1.165) is 16.8 Å². The fourth-order valence-electron chi connectivity index (χ4n) is 3.77. The third-order valence-corrected chi connectivity index (χ3v) is 6.80. The number of carboxylic acid groups (broad SMARTS) is 1. The second-order valence-corrected chi connectivity index (χ2v) is 8.08. The van der Waals surface area contributed by atoms with E-state index in [1.165, 1.54) is 18.2 Å². The number of rotatable bonds is 5. The summed E-state index contributed by atoms with van der Waals surface area (Å²) in [6, 6.07) is 5.15. The van der Waals surface area contributed by atoms with Gasteiger partial charge in [-0.1, -0.05) is 18.6 Å². The highest BCUT2D eigenvalue weighted by Crippen LogP contribution is 2.50. The topological polar surface area (TPSA) is 83.9 Å². The van der Waals surface area contributed by atoms with Gasteiger partial charge in [-0.3, -0.25) is 4.79 Å². The Morgan fingerprint density at radius 1 is 1.38 bits per heavy atom. The lowest BCUT2D eigenvalue weighted by Crippen LogP contribution is -2.37. The summed E-state index contributed by atoms with van der Waals surface area (Å²) in [7, 11) is -4.12. The van der Waals surface area contributed by atoms with Crippen LogP contribution in [0.1, 0.15) is 19.3 Å². The van der Waals surface area contributed by atoms with E-state index in [0.29, 0.717) is 12.8 Å². The number of carboxylic acids is 1. The molecule has 0 spiro atoms. The van der Waals surface area contributed by atoms with Gasteiger partial charge in [-0.05, 0) is 30.9 Å². The number of aliphatic carboxylic acids is 1. The molecule has 0 unspecified atom stereocenters. The molecule has 1 aromatic rings. The largest absolute Gasteiger partial charge is 0.481 e. The molecule has 6 nitrogen and oxygen atoms in total. The maximum absolute atomic E-state index is 12.8. The van der Waals surface area contributed by atoms with Gasteiger partial charge in [0.25, 0.3) is 0 Å². The molecule has 1 N–H and O–H groups in total. The quantitative estimate of drug-likeness (QED) is 0.869. The Labute approximate surface area is 138 Å². The summed E-state index contributed by atoms with van der Waals surface area (Å²) in [4.78, 5) is 11.3. The summed E-state index contributed by atoms with van der Waals surface area (Å²) in [5.41, 5.74) is -1.08. The van der Waals surface area contributed by atoms with Gasteiger partial charge >= 0.3 is 12.6 Å². The summed E-state index contributed by atoms with van der Waals surface area (Å²) in [5, 5.41) is 9.56. The number of para-hydroxylation sites is 1. The zero-order valence-corrected chi connectivity index (χ0v) is 13.5. The van der Waals surface area contributed by atoms with Gasteiger partial charge in [0.1, 0.15) is 10.6 Å². The molecule has 3 rings (SSSR count). The summed E-state index contributed by atoms with van der Waals surface area (Å²) >= 11 is 0. The maximum atomic E-state index is 12.8. The molecule has 0 amide bonds. The normalized spacial score (nSPS) is 27.4. The molecule has 2 aliphatic rings. The highest BCUT2D eigenvalue weighted by Gasteiger charge is 2.57. The molecule has 132 valence electrons. The van der Waals surface area contributed by atoms with Crippen molar-refractivity contribution in [3.63, 3.8) is 0 Å². The smallest absolute Gasteiger partial charge is 0.387 e. The molecule has 1 aromatic carbocycles. The number of nitrogens with zero attached hydrogens (tertiary/aromatic N) is 1. The first-order valence-corrected chi connectivity index (χ1v) is 8.99. The van der Waals surface area contributed by atoms with E-state index in [4.69, 9.17) is 0 Å². The fraction of sp³-hybridized carbons (Fsp3) is 0.533. The first-order chi connectivity index (χ1) is 11.3. The number of benzene rings is 1. The Bertz CT molecular complexity index is 754. The van der Waals surface area contributed by atoms with Crippen molar-refractivity contribution >= 4 is 16.0 Å². The summed E-state index contributed by atoms with van der Waals surface area (Å²) in [6.45, 7) is -3.21. The van der Waals surface area contributed by atoms with Gasteiger partial charge in [-0.15, -0.1) is 0 Å². The molecular weight excluding hydrogens is 344 g/mol. The molecule has 1 aliphatic carbocycles. The van der Waals surface area contributed by atoms with E-state index in [1.54, 1.807) is 0 Å². The van der Waals surface area contributed by atoms with E-state index in [9.17, 15) is 27.1 Å². The number of halogens is 2. The Morgan fingerprint density at radius 2 is 2.08 bits per heavy atom. The summed E-state index contributed by atoms with van der Waals surface area (Å²) in [6.07, 6.45) is 1.82. The van der Waals surface area contributed by atoms with Crippen LogP contribution in [-0.4, -0.2) is 43.5 Å². The zero-order chi connectivity index (χ0) is 17.5. The van der Waals surface area contributed by atoms with E-state index < -0.39 is 33.8 Å². The third-order valence-electron chi connectivity index (χ3n) is 4.95. The number of sulfonamides is 1. The molecule has 24 heavy (non-hydrogen) atoms. The van der Waals surface area contributed by atoms with Gasteiger partial charge in [-0.2, -0.15) is 13.1 Å². The second kappa shape index (κ2) is 5.96. The highest BCUT2D eigenvalue weighted by atomic mass is 32.2. The standard InChI is InChI=1S/C15H17F2NO5S/c16-14(17)23-11-5-1-2-6-12(11)24(21,22)18-8-10-4-3-7-15(10,9-18)13(19)20/h1-2,5-6,10,14H,3-4,7-9H2,(H,19,20)/t10-,15+/m0/s1. The van der Waals surface area contributed by atoms with Crippen molar-refractivity contribution in [1.29, 1.82) is 0 Å². The molecule has 0 aromatic heterocycles. The molecule has 0 bridgehead atoms. The van der Waals surface area contributed by atoms with Gasteiger partial charge in [0.05, 0.1) is 5.41 Å². The van der Waals surface area contributed by atoms with Crippen molar-refractivity contribution in [1.82, 2.24) is 4.31 Å². The highest BCUT2D eigenvalue weighted by molar-refractivity contribution is 7.89. The molecular formula is C15H17F2NO5S. The summed E-state index contributed by atoms with van der Waals surface area (Å²) < 4.78 is 56.1. The van der Waals surface area contributed by atoms with E-state index >= 15 is 0 Å². The van der Waals surface area contributed by atoms with Crippen LogP contribution in [0.15, 0.2) is 29.2 Å². The molecule has 1 aliphatic heterocycles. The van der Waals surface area contributed by atoms with E-state index in [1.807, 2.05) is 0 Å². The van der Waals surface area contributed by atoms with Crippen molar-refractivity contribution in [3.8, 4) is 5.75 Å². The summed E-state index contributed by atoms with van der Waals surface area (Å²) in [5.74, 6) is -1.69. The Hall–Kier alpha value is -1.74. The Kier molecular flexibility index (Phi) is 4.25. The van der Waals surface area contributed by atoms with Crippen molar-refractivity contribution in [2.24, 2.45) is 11.3 Å². The monoisotopic (exact) mass is 361 g/mol. The molecule has 9 heteroatoms. The van der Waals surface area contributed by atoms with Crippen molar-refractivity contribution < 1.29 is 31.8 Å². The number of alkyl halides is 2. The minimum Gasteiger partial charge on any atom is -0.481 e. The average Bonchev–Trinajstić information content (AvgIpc) is 3.05. The van der Waals surface area contributed by atoms with Crippen LogP contribution in [0.3, 0.4) is 0 Å². The van der Waals surface area contributed by atoms with Gasteiger partial charge in [-0.25, -0.2) is 8.42 Å². The van der Waals surface area contributed by atoms with Crippen LogP contribution in [0.25, 0.3) is 0 Å². The first-order valence-electron chi connectivity index (χ1n) is 7.55. The van der Waals surface area contributed by atoms with Crippen LogP contribution < -0.4 is 4.74 Å². The number of fused-ring (bicyclic) bond motifs is 1. The van der Waals surface area contributed by atoms with Crippen LogP contribution in [0.5, 0.6) is 5.75 Å². The number of hydrogen-bond donors (Lipinski definition) is 1. The molecule has 1 heterocycles. The van der Waals surface area contributed by atoms with Crippen LogP contribution >= 0.6 is 0 Å². The third kappa shape index (κ3) is 2.65. The van der Waals surface area contributed by atoms with Crippen LogP contribution in [0.2, 0.25) is 0 Å². The van der Waals surface area contributed by atoms with Crippen molar-refractivity contribution in [2.45, 2.75) is 30.8 Å². The van der Waals surface area contributed by atoms with Gasteiger partial charge in [0, 0.05) is 13.1 Å². The van der Waals surface area contributed by atoms with Crippen LogP contribution in [0, 0.1) is 11.3 Å². The Balaban J connectivity index is 1.95. The molecule has 2 fully saturated rings. The van der Waals surface area contributed by atoms with E-state index in [-0.39, 0.29) is 23.9 Å². The number of hydrogen-bond acceptors (Lipinski definition) is 4. The lowest BCUT2D eigenvalue weighted by molar-refractivity contribution is -0.149. The lowest BCUT2D eigenvalue weighted by Gasteiger charge is -2.23. The molecule has 1 saturated carbocycles. The Morgan fingerprint density at radius 3 is 2.71 bits per heavy atom. The fourth-order valence-corrected chi connectivity index (χ4v) is 5.45. The number of ether oxygens (including phenoxy) is 1. The predicted octanol–water partition coefficient (Wildman–Crippen LogP) is 2.16. The van der Waals surface area contributed by atoms with Gasteiger partial charge < -0.3 is 9.84 Å². The minimum absolute atomic E-state index is 0.0810. The molecule has 0 radical (unpaired) electrons. The van der Waals surface area contributed by atoms with Crippen molar-refractivity contribution in [2.75, 3.05) is 13.1 Å². The molecule has 2 atom stereocenters. The van der Waals surface area contributed by atoms with Gasteiger partial charge in [0.15, 0.2) is 0 Å². The lowest BCUT2D eigenvalue weighted by atomic mass is 9.81. The first kappa shape index (κ1) is 17.1. The molecule has 1 saturated heterocycles. The van der Waals surface area contributed by atoms with E-state index in [2.05, 4.69) is 4.74 Å². The van der Waals surface area contributed by atoms with Crippen LogP contribution in [0.4, 0.5) is 8.78 Å². The minimum atomic E-state index is -4.12. The average molecular weight is 361 g/mol. The number of carbonyl (C=O) groups is 1. The second-order valence-electron chi connectivity index (χ2n) is 6.17. The zero-order valence-electron chi connectivity index (χ0n) is 12.7. The predicted molar refractivity (Wildman–Crippen MR) is 79.2 cm³/mol. The maximum Gasteiger partial charge on any atom is 0.387 e. The van der Waals surface area contributed by atoms with Gasteiger partial charge in [0.2, 0.25) is 10.0 Å². The van der Waals surface area contributed by atoms with Crippen LogP contribution in [-0.2, 0) is 14.8 Å².